The number of carbonyl (C=O) groups is 5. The van der Waals surface area contributed by atoms with Crippen molar-refractivity contribution in [1.82, 2.24) is 26.6 Å². The molecule has 45 atom stereocenters. The molecule has 9 heterocycles. The number of aliphatic hydroxyl groups excluding tert-OH is 24. The van der Waals surface area contributed by atoms with Crippen molar-refractivity contribution in [2.75, 3.05) is 59.5 Å². The quantitative estimate of drug-likeness (QED) is 0.0318. The Morgan fingerprint density at radius 2 is 0.478 bits per heavy atom. The van der Waals surface area contributed by atoms with Crippen LogP contribution in [0.3, 0.4) is 0 Å². The molecule has 9 rings (SSSR count). The second kappa shape index (κ2) is 41.5. The van der Waals surface area contributed by atoms with E-state index in [2.05, 4.69) is 26.6 Å². The Hall–Kier alpha value is -4.29. The smallest absolute Gasteiger partial charge is 0.217 e. The Bertz CT molecular complexity index is 3100. The van der Waals surface area contributed by atoms with E-state index in [1.54, 1.807) is 0 Å². The Morgan fingerprint density at radius 3 is 0.861 bits per heavy atom. The van der Waals surface area contributed by atoms with Crippen LogP contribution in [0.2, 0.25) is 0 Å². The van der Waals surface area contributed by atoms with E-state index in [0.29, 0.717) is 0 Å². The van der Waals surface area contributed by atoms with Gasteiger partial charge in [0, 0.05) is 34.6 Å². The largest absolute Gasteiger partial charge is 0.394 e. The molecule has 0 aromatic heterocycles. The summed E-state index contributed by atoms with van der Waals surface area (Å²) in [6.07, 6.45) is -85.8. The summed E-state index contributed by atoms with van der Waals surface area (Å²) in [6.45, 7) is -5.58. The van der Waals surface area contributed by atoms with Crippen LogP contribution in [0.15, 0.2) is 0 Å². The molecule has 0 bridgehead atoms. The maximum absolute atomic E-state index is 13.3. The minimum absolute atomic E-state index is 0.802. The summed E-state index contributed by atoms with van der Waals surface area (Å²) in [4.78, 5) is 64.4. The number of aliphatic hydroxyl groups is 24. The van der Waals surface area contributed by atoms with Gasteiger partial charge in [0.2, 0.25) is 29.5 Å². The van der Waals surface area contributed by atoms with Gasteiger partial charge in [0.15, 0.2) is 56.6 Å². The lowest BCUT2D eigenvalue weighted by Gasteiger charge is -2.53. The summed E-state index contributed by atoms with van der Waals surface area (Å²) in [5.74, 6) is -4.68. The number of amides is 5. The number of nitrogens with one attached hydrogen (secondary N) is 5. The molecule has 0 radical (unpaired) electrons. The zero-order valence-electron chi connectivity index (χ0n) is 62.1. The van der Waals surface area contributed by atoms with Crippen LogP contribution in [-0.2, 0) is 104 Å². The molecular formula is C64H107N5O46. The second-order valence-electron chi connectivity index (χ2n) is 28.9. The molecule has 51 nitrogen and oxygen atoms in total. The predicted molar refractivity (Wildman–Crippen MR) is 355 cm³/mol. The molecule has 9 aliphatic heterocycles. The lowest BCUT2D eigenvalue weighted by Crippen LogP contribution is -2.72. The van der Waals surface area contributed by atoms with Crippen LogP contribution in [0.4, 0.5) is 0 Å². The standard InChI is InChI=1S/C64H107N5O46/c1-15(78)65-29-40(89)49(24(10-74)100-56(29)98)109-59-32(68-18(4)81)42(91)51(26(12-76)105-59)112-63-48(97)54(53(113-57-30(66-16(2)79)38(87)34(83)20(6-70)101-57)28(108-63)14-99-61-45(94)43(92)36(85)22(8-72)103-61)114-64-55(115-58-31(67-17(3)80)39(88)35(84)21(7-71)102-58)47(96)52(27(13-77)107-64)110-60-33(69-19(5)82)41(90)50(25(11-75)106-60)111-62-46(95)44(93)37(86)23(9-73)104-62/h20-64,70-77,83-98H,6-14H2,1-5H3,(H,65,78)(H,66,79)(H,67,80)(H,68,81)(H,69,82)/t20-,21-,22-,23-,24-,25-,26-,27-,28-,29-,30-,31-,32-,33-,34-,35-,36-,37+,38-,39-,40-,41-,42-,43+,44+,45+,46-,47+,48-,49-,50-,51-,52-,53-,54-,55+,56?,57+,58+,59+,60+,61+,62+,63+,64-/m1/s1. The molecule has 0 spiro atoms. The molecule has 115 heavy (non-hydrogen) atoms. The fourth-order valence-corrected chi connectivity index (χ4v) is 14.9. The van der Waals surface area contributed by atoms with Gasteiger partial charge in [0.1, 0.15) is 219 Å². The first-order chi connectivity index (χ1) is 54.4. The zero-order valence-corrected chi connectivity index (χ0v) is 62.1. The van der Waals surface area contributed by atoms with E-state index in [4.69, 9.17) is 80.5 Å². The average Bonchev–Trinajstić information content (AvgIpc) is 0.771. The molecule has 0 aromatic rings. The minimum atomic E-state index is -2.72. The van der Waals surface area contributed by atoms with Gasteiger partial charge < -0.3 is 230 Å². The molecule has 9 aliphatic rings. The first kappa shape index (κ1) is 94.6. The average molecular weight is 1680 g/mol. The second-order valence-corrected chi connectivity index (χ2v) is 28.9. The van der Waals surface area contributed by atoms with Crippen molar-refractivity contribution < 1.29 is 227 Å². The third-order valence-electron chi connectivity index (χ3n) is 20.8. The van der Waals surface area contributed by atoms with Gasteiger partial charge in [-0.3, -0.25) is 24.0 Å². The number of rotatable bonds is 30. The van der Waals surface area contributed by atoms with Gasteiger partial charge in [0.05, 0.1) is 59.5 Å². The number of carbonyl (C=O) groups excluding carboxylic acids is 5. The van der Waals surface area contributed by atoms with E-state index < -0.39 is 365 Å². The van der Waals surface area contributed by atoms with E-state index in [-0.39, 0.29) is 0 Å². The molecule has 0 saturated carbocycles. The molecule has 0 aliphatic carbocycles. The number of hydrogen-bond donors (Lipinski definition) is 29. The highest BCUT2D eigenvalue weighted by molar-refractivity contribution is 5.75. The summed E-state index contributed by atoms with van der Waals surface area (Å²) < 4.78 is 103. The predicted octanol–water partition coefficient (Wildman–Crippen LogP) is -19.9. The van der Waals surface area contributed by atoms with Gasteiger partial charge in [-0.15, -0.1) is 0 Å². The number of hydrogen-bond acceptors (Lipinski definition) is 46. The highest BCUT2D eigenvalue weighted by Gasteiger charge is 2.62. The summed E-state index contributed by atoms with van der Waals surface area (Å²) >= 11 is 0. The fraction of sp³-hybridized carbons (Fsp3) is 0.922. The highest BCUT2D eigenvalue weighted by atomic mass is 16.8. The van der Waals surface area contributed by atoms with Crippen molar-refractivity contribution in [2.45, 2.75) is 311 Å². The third-order valence-corrected chi connectivity index (χ3v) is 20.8. The fourth-order valence-electron chi connectivity index (χ4n) is 14.9. The molecule has 0 aromatic carbocycles. The van der Waals surface area contributed by atoms with Crippen molar-refractivity contribution in [2.24, 2.45) is 0 Å². The maximum atomic E-state index is 13.3. The van der Waals surface area contributed by atoms with E-state index in [1.807, 2.05) is 0 Å². The summed E-state index contributed by atoms with van der Waals surface area (Å²) in [7, 11) is 0. The molecule has 9 fully saturated rings. The van der Waals surface area contributed by atoms with Crippen LogP contribution < -0.4 is 26.6 Å². The van der Waals surface area contributed by atoms with E-state index in [0.717, 1.165) is 34.6 Å². The van der Waals surface area contributed by atoms with Crippen LogP contribution in [0, 0.1) is 0 Å². The van der Waals surface area contributed by atoms with Crippen molar-refractivity contribution in [3.63, 3.8) is 0 Å². The molecule has 664 valence electrons. The third kappa shape index (κ3) is 21.3. The molecule has 5 amide bonds. The first-order valence-electron chi connectivity index (χ1n) is 36.6. The molecule has 1 unspecified atom stereocenters. The van der Waals surface area contributed by atoms with Gasteiger partial charge in [-0.25, -0.2) is 0 Å². The van der Waals surface area contributed by atoms with Crippen LogP contribution >= 0.6 is 0 Å². The lowest BCUT2D eigenvalue weighted by atomic mass is 9.93. The van der Waals surface area contributed by atoms with Gasteiger partial charge in [0.25, 0.3) is 0 Å². The number of ether oxygens (including phenoxy) is 17. The van der Waals surface area contributed by atoms with Crippen LogP contribution in [0.1, 0.15) is 34.6 Å². The summed E-state index contributed by atoms with van der Waals surface area (Å²) in [6, 6.07) is -9.58. The molecular weight excluding hydrogens is 1570 g/mol. The van der Waals surface area contributed by atoms with Crippen LogP contribution in [0.5, 0.6) is 0 Å². The van der Waals surface area contributed by atoms with E-state index in [9.17, 15) is 147 Å². The zero-order chi connectivity index (χ0) is 84.8. The first-order valence-corrected chi connectivity index (χ1v) is 36.6. The molecule has 9 saturated heterocycles. The van der Waals surface area contributed by atoms with Gasteiger partial charge in [-0.05, 0) is 0 Å². The van der Waals surface area contributed by atoms with Crippen molar-refractivity contribution in [3.8, 4) is 0 Å². The topological polar surface area (TPSA) is 788 Å². The monoisotopic (exact) mass is 1680 g/mol. The molecule has 51 heteroatoms. The van der Waals surface area contributed by atoms with Crippen LogP contribution in [-0.4, -0.2) is 488 Å². The normalized spacial score (nSPS) is 47.9. The van der Waals surface area contributed by atoms with Crippen LogP contribution in [0.25, 0.3) is 0 Å². The Labute approximate surface area is 651 Å². The maximum Gasteiger partial charge on any atom is 0.217 e. The van der Waals surface area contributed by atoms with Gasteiger partial charge in [-0.1, -0.05) is 0 Å². The summed E-state index contributed by atoms with van der Waals surface area (Å²) in [5.41, 5.74) is 0. The lowest BCUT2D eigenvalue weighted by molar-refractivity contribution is -0.412. The van der Waals surface area contributed by atoms with Crippen molar-refractivity contribution in [3.05, 3.63) is 0 Å². The summed E-state index contributed by atoms with van der Waals surface area (Å²) in [5, 5.41) is 281. The minimum Gasteiger partial charge on any atom is -0.394 e. The molecule has 29 N–H and O–H groups in total. The highest BCUT2D eigenvalue weighted by Crippen LogP contribution is 2.41. The SMILES string of the molecule is CC(=O)N[C@H]1[C@H](O[C@H]2[C@H](O)[C@H](O[C@@H]3O[C@H](CO)[C@@H](O)[C@H](O)[C@H]3NC(C)=O)[C@@H](O[C@@H]3[C@@H](O)[C@H](O[C@H]4[C@H](O)[C@@H](NC(C)=O)[C@H](O[C@H]5[C@H](O)[C@@H](NC(C)=O)C(O)O[C@@H]5CO)O[C@@H]4CO)O[C@H](CO[C@H]4O[C@H](CO)[C@@H](O)[C@H](O)[C@@H]4O)[C@H]3O[C@@H]3O[C@H](CO)[C@@H](O)[C@H](O)[C@H]3NC(C)=O)O[C@@H]2CO)O[C@H](CO)[C@@H](O[C@@H]2O[C@H](CO)[C@H](O)[C@H](O)[C@H]2O)[C@@H]1O. The van der Waals surface area contributed by atoms with E-state index in [1.165, 1.54) is 0 Å². The van der Waals surface area contributed by atoms with Gasteiger partial charge in [-0.2, -0.15) is 0 Å². The van der Waals surface area contributed by atoms with Crippen molar-refractivity contribution >= 4 is 29.5 Å². The Balaban J connectivity index is 1.17. The van der Waals surface area contributed by atoms with E-state index >= 15 is 0 Å². The van der Waals surface area contributed by atoms with Crippen molar-refractivity contribution in [1.29, 1.82) is 0 Å². The Kier molecular flexibility index (Phi) is 34.1. The van der Waals surface area contributed by atoms with Gasteiger partial charge >= 0.3 is 0 Å². The Morgan fingerprint density at radius 1 is 0.226 bits per heavy atom.